The van der Waals surface area contributed by atoms with Gasteiger partial charge in [0, 0.05) is 33.3 Å². The first-order chi connectivity index (χ1) is 29.9. The summed E-state index contributed by atoms with van der Waals surface area (Å²) in [6.07, 6.45) is 6.40. The second-order valence-corrected chi connectivity index (χ2v) is 29.0. The van der Waals surface area contributed by atoms with Gasteiger partial charge >= 0.3 is 5.97 Å². The average Bonchev–Trinajstić information content (AvgIpc) is 3.56. The molecule has 1 heterocycles. The van der Waals surface area contributed by atoms with E-state index in [2.05, 4.69) is 138 Å². The van der Waals surface area contributed by atoms with Crippen molar-refractivity contribution in [1.82, 2.24) is 0 Å². The van der Waals surface area contributed by atoms with Crippen molar-refractivity contribution in [3.63, 3.8) is 0 Å². The lowest BCUT2D eigenvalue weighted by Gasteiger charge is -2.45. The topological polar surface area (TPSA) is 102 Å². The lowest BCUT2D eigenvalue weighted by Crippen LogP contribution is -2.68. The molecule has 340 valence electrons. The van der Waals surface area contributed by atoms with Crippen LogP contribution in [0.25, 0.3) is 6.08 Å². The van der Waals surface area contributed by atoms with Crippen LogP contribution < -0.4 is 19.8 Å². The molecule has 2 unspecified atom stereocenters. The van der Waals surface area contributed by atoms with E-state index in [4.69, 9.17) is 32.8 Å². The zero-order valence-corrected chi connectivity index (χ0v) is 41.3. The monoisotopic (exact) mass is 894 g/mol. The molecule has 0 aromatic heterocycles. The summed E-state index contributed by atoms with van der Waals surface area (Å²) >= 11 is 0. The number of aliphatic hydroxyl groups is 1. The molecule has 0 radical (unpaired) electrons. The van der Waals surface area contributed by atoms with Crippen LogP contribution in [-0.4, -0.2) is 85.3 Å². The van der Waals surface area contributed by atoms with Crippen molar-refractivity contribution in [3.05, 3.63) is 138 Å². The highest BCUT2D eigenvalue weighted by atomic mass is 28.4. The fourth-order valence-electron chi connectivity index (χ4n) is 8.20. The van der Waals surface area contributed by atoms with E-state index in [1.807, 2.05) is 38.1 Å². The fourth-order valence-corrected chi connectivity index (χ4v) is 13.7. The molecular weight excluding hydrogens is 825 g/mol. The van der Waals surface area contributed by atoms with Gasteiger partial charge in [0.05, 0.1) is 19.8 Å². The van der Waals surface area contributed by atoms with Gasteiger partial charge in [-0.1, -0.05) is 156 Å². The predicted molar refractivity (Wildman–Crippen MR) is 258 cm³/mol. The summed E-state index contributed by atoms with van der Waals surface area (Å²) in [5.74, 6) is -0.711. The third kappa shape index (κ3) is 13.4. The van der Waals surface area contributed by atoms with E-state index in [1.54, 1.807) is 19.2 Å². The SMILES string of the molecule is COCOc1cc(OC)cc(C=CC[C@@H]2OC(C)(C)O[C@@H]2C(O)C=CC(Cc2ccccc2)[C@H](C)O[Si](c2ccccc2)(c2ccccc2)C(C)(C)C)c1C(=O)OCC[Si](C)(C)C. The van der Waals surface area contributed by atoms with Crippen molar-refractivity contribution in [3.8, 4) is 11.5 Å². The Kier molecular flexibility index (Phi) is 17.4. The van der Waals surface area contributed by atoms with Crippen molar-refractivity contribution in [1.29, 1.82) is 0 Å². The number of hydrogen-bond acceptors (Lipinski definition) is 9. The fraction of sp³-hybridized carbons (Fsp3) is 0.442. The van der Waals surface area contributed by atoms with Gasteiger partial charge in [-0.05, 0) is 72.3 Å². The molecule has 5 atom stereocenters. The number of ether oxygens (including phenoxy) is 6. The van der Waals surface area contributed by atoms with Gasteiger partial charge in [-0.15, -0.1) is 0 Å². The lowest BCUT2D eigenvalue weighted by molar-refractivity contribution is -0.152. The number of hydrogen-bond donors (Lipinski definition) is 1. The number of carbonyl (C=O) groups is 1. The number of rotatable bonds is 21. The Morgan fingerprint density at radius 3 is 2.03 bits per heavy atom. The van der Waals surface area contributed by atoms with Crippen LogP contribution in [0, 0.1) is 5.92 Å². The largest absolute Gasteiger partial charge is 0.497 e. The lowest BCUT2D eigenvalue weighted by atomic mass is 9.93. The molecule has 0 spiro atoms. The molecule has 0 saturated carbocycles. The van der Waals surface area contributed by atoms with Gasteiger partial charge in [0.25, 0.3) is 8.32 Å². The van der Waals surface area contributed by atoms with Crippen LogP contribution >= 0.6 is 0 Å². The van der Waals surface area contributed by atoms with Gasteiger partial charge < -0.3 is 38.0 Å². The van der Waals surface area contributed by atoms with Crippen LogP contribution in [-0.2, 0) is 29.8 Å². The van der Waals surface area contributed by atoms with E-state index in [9.17, 15) is 9.90 Å². The minimum Gasteiger partial charge on any atom is -0.497 e. The highest BCUT2D eigenvalue weighted by molar-refractivity contribution is 6.99. The number of methoxy groups -OCH3 is 2. The maximum atomic E-state index is 13.6. The van der Waals surface area contributed by atoms with E-state index < -0.39 is 46.5 Å². The molecule has 63 heavy (non-hydrogen) atoms. The Morgan fingerprint density at radius 2 is 1.48 bits per heavy atom. The average molecular weight is 895 g/mol. The third-order valence-electron chi connectivity index (χ3n) is 11.4. The first-order valence-electron chi connectivity index (χ1n) is 22.1. The third-order valence-corrected chi connectivity index (χ3v) is 18.3. The summed E-state index contributed by atoms with van der Waals surface area (Å²) in [5.41, 5.74) is 2.02. The van der Waals surface area contributed by atoms with Crippen LogP contribution in [0.2, 0.25) is 30.7 Å². The summed E-state index contributed by atoms with van der Waals surface area (Å²) in [6.45, 7) is 19.7. The Labute approximate surface area is 378 Å². The summed E-state index contributed by atoms with van der Waals surface area (Å²) in [6, 6.07) is 36.0. The van der Waals surface area contributed by atoms with Crippen molar-refractivity contribution >= 4 is 38.8 Å². The second-order valence-electron chi connectivity index (χ2n) is 19.1. The van der Waals surface area contributed by atoms with Crippen LogP contribution in [0.1, 0.15) is 69.4 Å². The number of esters is 1. The smallest absolute Gasteiger partial charge is 0.342 e. The van der Waals surface area contributed by atoms with Crippen molar-refractivity contribution in [2.45, 2.75) is 115 Å². The molecule has 1 saturated heterocycles. The van der Waals surface area contributed by atoms with Crippen molar-refractivity contribution in [2.75, 3.05) is 27.6 Å². The minimum atomic E-state index is -2.89. The van der Waals surface area contributed by atoms with Gasteiger partial charge in [-0.2, -0.15) is 0 Å². The highest BCUT2D eigenvalue weighted by Crippen LogP contribution is 2.39. The summed E-state index contributed by atoms with van der Waals surface area (Å²) in [5, 5.41) is 14.2. The molecule has 0 aliphatic carbocycles. The van der Waals surface area contributed by atoms with Crippen LogP contribution in [0.4, 0.5) is 0 Å². The molecule has 1 N–H and O–H groups in total. The normalized spacial score (nSPS) is 18.3. The van der Waals surface area contributed by atoms with E-state index in [1.165, 1.54) is 23.0 Å². The number of carbonyl (C=O) groups excluding carboxylic acids is 1. The van der Waals surface area contributed by atoms with Gasteiger partial charge in [0.15, 0.2) is 12.6 Å². The predicted octanol–water partition coefficient (Wildman–Crippen LogP) is 9.84. The summed E-state index contributed by atoms with van der Waals surface area (Å²) < 4.78 is 42.8. The van der Waals surface area contributed by atoms with Crippen LogP contribution in [0.15, 0.2) is 121 Å². The van der Waals surface area contributed by atoms with E-state index >= 15 is 0 Å². The molecule has 5 rings (SSSR count). The molecule has 4 aromatic carbocycles. The Morgan fingerprint density at radius 1 is 0.873 bits per heavy atom. The maximum Gasteiger partial charge on any atom is 0.342 e. The molecule has 11 heteroatoms. The van der Waals surface area contributed by atoms with Gasteiger partial charge in [0.2, 0.25) is 0 Å². The molecule has 1 aliphatic heterocycles. The minimum absolute atomic E-state index is 0.0580. The van der Waals surface area contributed by atoms with Crippen molar-refractivity contribution in [2.24, 2.45) is 5.92 Å². The first-order valence-corrected chi connectivity index (χ1v) is 27.7. The standard InChI is InChI=1S/C52H70O9Si2/c1-38(61-63(51(2,3)4,43-25-17-13-18-26-43)44-27-19-14-20-28-44)40(34-39-22-15-12-16-23-39)30-31-45(53)49-46(59-52(5,6)60-49)29-21-24-41-35-42(56-8)36-47(58-37-55-7)48(41)50(54)57-32-33-62(9,10)11/h12-28,30-31,35-36,38,40,45-46,49,53H,29,32-34,37H2,1-11H3/t38-,40?,45?,46-,49+/m0/s1. The quantitative estimate of drug-likeness (QED) is 0.0379. The second kappa shape index (κ2) is 22.0. The summed E-state index contributed by atoms with van der Waals surface area (Å²) in [7, 11) is -1.25. The van der Waals surface area contributed by atoms with Gasteiger partial charge in [0.1, 0.15) is 29.3 Å². The zero-order chi connectivity index (χ0) is 45.8. The molecular formula is C52H70O9Si2. The highest BCUT2D eigenvalue weighted by Gasteiger charge is 2.51. The van der Waals surface area contributed by atoms with Gasteiger partial charge in [-0.25, -0.2) is 4.79 Å². The Bertz CT molecular complexity index is 2050. The van der Waals surface area contributed by atoms with E-state index in [-0.39, 0.29) is 29.4 Å². The molecule has 1 aliphatic rings. The maximum absolute atomic E-state index is 13.6. The zero-order valence-electron chi connectivity index (χ0n) is 39.3. The summed E-state index contributed by atoms with van der Waals surface area (Å²) in [4.78, 5) is 13.6. The Balaban J connectivity index is 1.44. The first kappa shape index (κ1) is 49.7. The Hall–Kier alpha value is -4.34. The molecule has 0 amide bonds. The molecule has 0 bridgehead atoms. The van der Waals surface area contributed by atoms with Crippen LogP contribution in [0.5, 0.6) is 11.5 Å². The van der Waals surface area contributed by atoms with E-state index in [0.717, 1.165) is 6.04 Å². The van der Waals surface area contributed by atoms with Gasteiger partial charge in [-0.3, -0.25) is 0 Å². The van der Waals surface area contributed by atoms with E-state index in [0.29, 0.717) is 36.5 Å². The number of aliphatic hydroxyl groups excluding tert-OH is 1. The molecule has 1 fully saturated rings. The molecule has 4 aromatic rings. The van der Waals surface area contributed by atoms with Crippen molar-refractivity contribution < 1.29 is 42.7 Å². The number of benzene rings is 4. The van der Waals surface area contributed by atoms with Crippen LogP contribution in [0.3, 0.4) is 0 Å². The molecule has 9 nitrogen and oxygen atoms in total.